The number of azide groups is 1. The van der Waals surface area contributed by atoms with E-state index in [0.29, 0.717) is 23.6 Å². The molecule has 0 amide bonds. The van der Waals surface area contributed by atoms with Crippen molar-refractivity contribution in [2.75, 3.05) is 13.7 Å². The number of carbonyl (C=O) groups is 1. The molecule has 0 unspecified atom stereocenters. The van der Waals surface area contributed by atoms with E-state index in [1.54, 1.807) is 18.2 Å². The van der Waals surface area contributed by atoms with Gasteiger partial charge in [-0.25, -0.2) is 4.79 Å². The molecule has 0 fully saturated rings. The van der Waals surface area contributed by atoms with Gasteiger partial charge in [-0.15, -0.1) is 6.58 Å². The molecule has 130 valence electrons. The molecule has 0 atom stereocenters. The van der Waals surface area contributed by atoms with Gasteiger partial charge in [0, 0.05) is 10.6 Å². The van der Waals surface area contributed by atoms with Crippen molar-refractivity contribution in [3.05, 3.63) is 46.9 Å². The molecule has 0 spiro atoms. The van der Waals surface area contributed by atoms with Gasteiger partial charge in [0.1, 0.15) is 11.3 Å². The summed E-state index contributed by atoms with van der Waals surface area (Å²) in [7, 11) is 1.32. The van der Waals surface area contributed by atoms with Crippen LogP contribution in [0.15, 0.2) is 36.0 Å². The number of carbonyl (C=O) groups excluding carboxylic acids is 1. The highest BCUT2D eigenvalue weighted by Gasteiger charge is 2.13. The number of rotatable bonds is 12. The molecule has 1 aromatic carbocycles. The molecule has 0 aromatic heterocycles. The van der Waals surface area contributed by atoms with Crippen LogP contribution in [0.25, 0.3) is 10.4 Å². The minimum absolute atomic E-state index is 0.332. The van der Waals surface area contributed by atoms with Crippen LogP contribution in [0.3, 0.4) is 0 Å². The first kappa shape index (κ1) is 19.6. The molecule has 0 heterocycles. The molecular weight excluding hydrogens is 306 g/mol. The SMILES string of the molecule is C=CCCCCCCCCOc1cc(N=[N+]=[N-])ccc1C(=O)OC. The van der Waals surface area contributed by atoms with Crippen molar-refractivity contribution in [3.63, 3.8) is 0 Å². The van der Waals surface area contributed by atoms with Gasteiger partial charge in [-0.3, -0.25) is 0 Å². The van der Waals surface area contributed by atoms with E-state index in [1.807, 2.05) is 6.08 Å². The van der Waals surface area contributed by atoms with E-state index in [0.717, 1.165) is 19.3 Å². The Kier molecular flexibility index (Phi) is 9.81. The summed E-state index contributed by atoms with van der Waals surface area (Å²) in [6.45, 7) is 4.23. The van der Waals surface area contributed by atoms with Gasteiger partial charge >= 0.3 is 5.97 Å². The number of methoxy groups -OCH3 is 1. The van der Waals surface area contributed by atoms with E-state index in [9.17, 15) is 4.79 Å². The minimum atomic E-state index is -0.472. The average Bonchev–Trinajstić information content (AvgIpc) is 2.60. The summed E-state index contributed by atoms with van der Waals surface area (Å²) in [6.07, 6.45) is 9.85. The largest absolute Gasteiger partial charge is 0.493 e. The number of hydrogen-bond acceptors (Lipinski definition) is 4. The Morgan fingerprint density at radius 2 is 1.96 bits per heavy atom. The maximum atomic E-state index is 11.8. The Morgan fingerprint density at radius 1 is 1.25 bits per heavy atom. The summed E-state index contributed by atoms with van der Waals surface area (Å²) >= 11 is 0. The molecule has 6 heteroatoms. The van der Waals surface area contributed by atoms with Crippen molar-refractivity contribution < 1.29 is 14.3 Å². The number of esters is 1. The normalized spacial score (nSPS) is 9.88. The lowest BCUT2D eigenvalue weighted by atomic mass is 10.1. The number of nitrogens with zero attached hydrogens (tertiary/aromatic N) is 3. The van der Waals surface area contributed by atoms with Crippen LogP contribution in [0.5, 0.6) is 5.75 Å². The molecule has 0 saturated carbocycles. The summed E-state index contributed by atoms with van der Waals surface area (Å²) in [5.74, 6) is -0.0857. The molecule has 0 radical (unpaired) electrons. The van der Waals surface area contributed by atoms with Crippen LogP contribution in [-0.2, 0) is 4.74 Å². The van der Waals surface area contributed by atoms with Crippen LogP contribution < -0.4 is 4.74 Å². The first-order chi connectivity index (χ1) is 11.7. The Bertz CT molecular complexity index is 581. The van der Waals surface area contributed by atoms with Gasteiger partial charge < -0.3 is 9.47 Å². The van der Waals surface area contributed by atoms with Crippen molar-refractivity contribution in [2.45, 2.75) is 44.9 Å². The van der Waals surface area contributed by atoms with Gasteiger partial charge in [0.05, 0.1) is 13.7 Å². The smallest absolute Gasteiger partial charge is 0.341 e. The number of ether oxygens (including phenoxy) is 2. The molecule has 24 heavy (non-hydrogen) atoms. The minimum Gasteiger partial charge on any atom is -0.493 e. The maximum Gasteiger partial charge on any atom is 0.341 e. The van der Waals surface area contributed by atoms with Crippen LogP contribution in [0.2, 0.25) is 0 Å². The molecule has 0 saturated heterocycles. The maximum absolute atomic E-state index is 11.8. The number of hydrogen-bond donors (Lipinski definition) is 0. The zero-order valence-corrected chi connectivity index (χ0v) is 14.2. The van der Waals surface area contributed by atoms with E-state index >= 15 is 0 Å². The highest BCUT2D eigenvalue weighted by atomic mass is 16.5. The van der Waals surface area contributed by atoms with Crippen LogP contribution >= 0.6 is 0 Å². The zero-order chi connectivity index (χ0) is 17.6. The van der Waals surface area contributed by atoms with Crippen LogP contribution in [0.1, 0.15) is 55.3 Å². The molecule has 0 N–H and O–H groups in total. The van der Waals surface area contributed by atoms with Crippen LogP contribution in [0, 0.1) is 0 Å². The van der Waals surface area contributed by atoms with Crippen molar-refractivity contribution >= 4 is 11.7 Å². The topological polar surface area (TPSA) is 84.3 Å². The third-order valence-electron chi connectivity index (χ3n) is 3.59. The van der Waals surface area contributed by atoms with E-state index in [-0.39, 0.29) is 0 Å². The molecule has 6 nitrogen and oxygen atoms in total. The Hall–Kier alpha value is -2.46. The lowest BCUT2D eigenvalue weighted by Crippen LogP contribution is -2.06. The lowest BCUT2D eigenvalue weighted by Gasteiger charge is -2.11. The summed E-state index contributed by atoms with van der Waals surface area (Å²) in [6, 6.07) is 4.66. The molecule has 0 aliphatic rings. The standard InChI is InChI=1S/C18H25N3O3/c1-3-4-5-6-7-8-9-10-13-24-17-14-15(20-21-19)11-12-16(17)18(22)23-2/h3,11-12,14H,1,4-10,13H2,2H3. The van der Waals surface area contributed by atoms with Gasteiger partial charge in [-0.1, -0.05) is 42.9 Å². The average molecular weight is 331 g/mol. The van der Waals surface area contributed by atoms with Gasteiger partial charge in [0.25, 0.3) is 0 Å². The fraction of sp³-hybridized carbons (Fsp3) is 0.500. The van der Waals surface area contributed by atoms with E-state index in [2.05, 4.69) is 16.6 Å². The molecule has 0 aliphatic heterocycles. The first-order valence-corrected chi connectivity index (χ1v) is 8.24. The molecule has 0 aliphatic carbocycles. The second-order valence-electron chi connectivity index (χ2n) is 5.41. The fourth-order valence-electron chi connectivity index (χ4n) is 2.30. The Labute approximate surface area is 143 Å². The highest BCUT2D eigenvalue weighted by Crippen LogP contribution is 2.26. The number of benzene rings is 1. The summed E-state index contributed by atoms with van der Waals surface area (Å²) in [5.41, 5.74) is 9.24. The third kappa shape index (κ3) is 7.20. The second kappa shape index (κ2) is 12.0. The fourth-order valence-corrected chi connectivity index (χ4v) is 2.30. The van der Waals surface area contributed by atoms with Crippen molar-refractivity contribution in [1.82, 2.24) is 0 Å². The molecule has 1 rings (SSSR count). The molecule has 1 aromatic rings. The van der Waals surface area contributed by atoms with E-state index < -0.39 is 5.97 Å². The second-order valence-corrected chi connectivity index (χ2v) is 5.41. The predicted molar refractivity (Wildman–Crippen MR) is 94.6 cm³/mol. The number of unbranched alkanes of at least 4 members (excludes halogenated alkanes) is 6. The van der Waals surface area contributed by atoms with Crippen LogP contribution in [-0.4, -0.2) is 19.7 Å². The van der Waals surface area contributed by atoms with Crippen molar-refractivity contribution in [3.8, 4) is 5.75 Å². The van der Waals surface area contributed by atoms with Crippen molar-refractivity contribution in [2.24, 2.45) is 5.11 Å². The Balaban J connectivity index is 2.44. The summed E-state index contributed by atoms with van der Waals surface area (Å²) < 4.78 is 10.4. The number of allylic oxidation sites excluding steroid dienone is 1. The summed E-state index contributed by atoms with van der Waals surface area (Å²) in [5, 5.41) is 3.53. The van der Waals surface area contributed by atoms with E-state index in [4.69, 9.17) is 15.0 Å². The molecular formula is C18H25N3O3. The Morgan fingerprint density at radius 3 is 2.62 bits per heavy atom. The van der Waals surface area contributed by atoms with Gasteiger partial charge in [-0.2, -0.15) is 0 Å². The van der Waals surface area contributed by atoms with Gasteiger partial charge in [0.2, 0.25) is 0 Å². The highest BCUT2D eigenvalue weighted by molar-refractivity contribution is 5.93. The van der Waals surface area contributed by atoms with Gasteiger partial charge in [-0.05, 0) is 36.9 Å². The summed E-state index contributed by atoms with van der Waals surface area (Å²) in [4.78, 5) is 14.5. The van der Waals surface area contributed by atoms with Crippen molar-refractivity contribution in [1.29, 1.82) is 0 Å². The van der Waals surface area contributed by atoms with Gasteiger partial charge in [0.15, 0.2) is 0 Å². The van der Waals surface area contributed by atoms with E-state index in [1.165, 1.54) is 32.8 Å². The monoisotopic (exact) mass is 331 g/mol. The lowest BCUT2D eigenvalue weighted by molar-refractivity contribution is 0.0596. The van der Waals surface area contributed by atoms with Crippen LogP contribution in [0.4, 0.5) is 5.69 Å². The quantitative estimate of drug-likeness (QED) is 0.123. The first-order valence-electron chi connectivity index (χ1n) is 8.24. The zero-order valence-electron chi connectivity index (χ0n) is 14.2. The third-order valence-corrected chi connectivity index (χ3v) is 3.59. The molecule has 0 bridgehead atoms. The predicted octanol–water partition coefficient (Wildman–Crippen LogP) is 5.71.